The van der Waals surface area contributed by atoms with Crippen molar-refractivity contribution in [2.24, 2.45) is 0 Å². The van der Waals surface area contributed by atoms with Crippen LogP contribution >= 0.6 is 0 Å². The van der Waals surface area contributed by atoms with Crippen LogP contribution in [0.3, 0.4) is 0 Å². The monoisotopic (exact) mass is 251 g/mol. The van der Waals surface area contributed by atoms with Crippen molar-refractivity contribution in [3.05, 3.63) is 47.3 Å². The molecule has 0 radical (unpaired) electrons. The van der Waals surface area contributed by atoms with Crippen LogP contribution in [0.1, 0.15) is 18.1 Å². The molecule has 1 nitrogen and oxygen atoms in total. The summed E-state index contributed by atoms with van der Waals surface area (Å²) in [7, 11) is 0. The summed E-state index contributed by atoms with van der Waals surface area (Å²) in [5, 5.41) is 0.318. The Balaban J connectivity index is 3.09. The Morgan fingerprint density at radius 3 is 2.39 bits per heavy atom. The Labute approximate surface area is 103 Å². The average Bonchev–Trinajstić information content (AvgIpc) is 2.37. The van der Waals surface area contributed by atoms with Crippen molar-refractivity contribution >= 4 is 22.5 Å². The number of anilines is 1. The van der Waals surface area contributed by atoms with Gasteiger partial charge in [0, 0.05) is 16.6 Å². The van der Waals surface area contributed by atoms with E-state index in [1.165, 1.54) is 12.1 Å². The van der Waals surface area contributed by atoms with Gasteiger partial charge in [0.25, 0.3) is 0 Å². The highest BCUT2D eigenvalue weighted by Gasteiger charge is 2.20. The fraction of sp³-hybridized carbons (Fsp3) is 0.143. The summed E-state index contributed by atoms with van der Waals surface area (Å²) in [5.74, 6) is -3.92. The van der Waals surface area contributed by atoms with Gasteiger partial charge in [-0.2, -0.15) is 0 Å². The molecule has 18 heavy (non-hydrogen) atoms. The summed E-state index contributed by atoms with van der Waals surface area (Å²) in [6.45, 7) is 5.28. The lowest BCUT2D eigenvalue weighted by atomic mass is 9.95. The molecule has 0 amide bonds. The molecule has 0 aliphatic carbocycles. The molecule has 2 rings (SSSR count). The maximum absolute atomic E-state index is 13.8. The van der Waals surface area contributed by atoms with Crippen molar-refractivity contribution in [1.82, 2.24) is 0 Å². The minimum Gasteiger partial charge on any atom is -0.399 e. The van der Waals surface area contributed by atoms with Crippen molar-refractivity contribution < 1.29 is 13.2 Å². The molecule has 0 spiro atoms. The first-order chi connectivity index (χ1) is 8.51. The normalized spacial score (nSPS) is 10.9. The molecule has 0 saturated heterocycles. The largest absolute Gasteiger partial charge is 0.399 e. The first-order valence-electron chi connectivity index (χ1n) is 5.52. The molecular formula is C14H12F3N. The Morgan fingerprint density at radius 1 is 1.17 bits per heavy atom. The average molecular weight is 251 g/mol. The van der Waals surface area contributed by atoms with Gasteiger partial charge in [-0.25, -0.2) is 13.2 Å². The van der Waals surface area contributed by atoms with Gasteiger partial charge in [-0.3, -0.25) is 0 Å². The highest BCUT2D eigenvalue weighted by atomic mass is 19.2. The number of aryl methyl sites for hydroxylation is 1. The minimum atomic E-state index is -1.50. The molecule has 0 aliphatic heterocycles. The number of hydrogen-bond donors (Lipinski definition) is 1. The van der Waals surface area contributed by atoms with Gasteiger partial charge in [-0.1, -0.05) is 19.6 Å². The predicted molar refractivity (Wildman–Crippen MR) is 67.7 cm³/mol. The zero-order chi connectivity index (χ0) is 13.4. The lowest BCUT2D eigenvalue weighted by Crippen LogP contribution is -2.01. The number of halogens is 3. The van der Waals surface area contributed by atoms with Crippen molar-refractivity contribution in [3.8, 4) is 0 Å². The van der Waals surface area contributed by atoms with Gasteiger partial charge >= 0.3 is 0 Å². The van der Waals surface area contributed by atoms with Crippen LogP contribution in [0.5, 0.6) is 0 Å². The molecule has 4 heteroatoms. The third kappa shape index (κ3) is 1.65. The van der Waals surface area contributed by atoms with E-state index in [0.717, 1.165) is 0 Å². The summed E-state index contributed by atoms with van der Waals surface area (Å²) >= 11 is 0. The van der Waals surface area contributed by atoms with Gasteiger partial charge in [0.1, 0.15) is 0 Å². The fourth-order valence-corrected chi connectivity index (χ4v) is 2.13. The quantitative estimate of drug-likeness (QED) is 0.632. The highest BCUT2D eigenvalue weighted by Crippen LogP contribution is 2.33. The van der Waals surface area contributed by atoms with Crippen LogP contribution in [-0.4, -0.2) is 0 Å². The molecule has 0 heterocycles. The third-order valence-corrected chi connectivity index (χ3v) is 2.96. The molecule has 2 aromatic carbocycles. The maximum Gasteiger partial charge on any atom is 0.195 e. The van der Waals surface area contributed by atoms with Crippen LogP contribution in [0.25, 0.3) is 16.8 Å². The number of nitrogens with two attached hydrogens (primary N) is 1. The van der Waals surface area contributed by atoms with Gasteiger partial charge in [0.2, 0.25) is 0 Å². The number of fused-ring (bicyclic) bond motifs is 1. The van der Waals surface area contributed by atoms with Crippen LogP contribution in [0, 0.1) is 17.5 Å². The smallest absolute Gasteiger partial charge is 0.195 e. The van der Waals surface area contributed by atoms with E-state index in [4.69, 9.17) is 5.73 Å². The first-order valence-corrected chi connectivity index (χ1v) is 5.52. The topological polar surface area (TPSA) is 26.0 Å². The number of nitrogen functional groups attached to an aromatic ring is 1. The standard InChI is InChI=1S/C14H12F3N/c1-3-7-5-8(18)6-10-11(7)9(4-2)12(15)14(17)13(10)16/h4-6H,2-3,18H2,1H3. The second-order valence-corrected chi connectivity index (χ2v) is 4.02. The van der Waals surface area contributed by atoms with Gasteiger partial charge in [0.15, 0.2) is 17.5 Å². The molecule has 0 fully saturated rings. The fourth-order valence-electron chi connectivity index (χ4n) is 2.13. The predicted octanol–water partition coefficient (Wildman–Crippen LogP) is 4.04. The molecule has 2 N–H and O–H groups in total. The lowest BCUT2D eigenvalue weighted by molar-refractivity contribution is 0.452. The van der Waals surface area contributed by atoms with Crippen molar-refractivity contribution in [2.75, 3.05) is 5.73 Å². The van der Waals surface area contributed by atoms with E-state index in [0.29, 0.717) is 23.1 Å². The Morgan fingerprint density at radius 2 is 1.83 bits per heavy atom. The summed E-state index contributed by atoms with van der Waals surface area (Å²) in [4.78, 5) is 0. The van der Waals surface area contributed by atoms with E-state index >= 15 is 0 Å². The van der Waals surface area contributed by atoms with Crippen LogP contribution < -0.4 is 5.73 Å². The summed E-state index contributed by atoms with van der Waals surface area (Å²) in [6, 6.07) is 2.94. The lowest BCUT2D eigenvalue weighted by Gasteiger charge is -2.12. The van der Waals surface area contributed by atoms with E-state index < -0.39 is 17.5 Å². The first kappa shape index (κ1) is 12.5. The number of hydrogen-bond acceptors (Lipinski definition) is 1. The van der Waals surface area contributed by atoms with Crippen molar-refractivity contribution in [1.29, 1.82) is 0 Å². The van der Waals surface area contributed by atoms with E-state index in [2.05, 4.69) is 6.58 Å². The van der Waals surface area contributed by atoms with Crippen LogP contribution in [0.4, 0.5) is 18.9 Å². The second-order valence-electron chi connectivity index (χ2n) is 4.02. The minimum absolute atomic E-state index is 0.0133. The second kappa shape index (κ2) is 4.37. The van der Waals surface area contributed by atoms with Gasteiger partial charge in [0.05, 0.1) is 0 Å². The molecule has 0 atom stereocenters. The molecule has 0 aromatic heterocycles. The molecule has 0 bridgehead atoms. The van der Waals surface area contributed by atoms with E-state index in [1.807, 2.05) is 6.92 Å². The Kier molecular flexibility index (Phi) is 3.03. The highest BCUT2D eigenvalue weighted by molar-refractivity contribution is 5.96. The molecule has 94 valence electrons. The van der Waals surface area contributed by atoms with Crippen LogP contribution in [0.2, 0.25) is 0 Å². The molecule has 0 unspecified atom stereocenters. The van der Waals surface area contributed by atoms with E-state index in [9.17, 15) is 13.2 Å². The molecular weight excluding hydrogens is 239 g/mol. The third-order valence-electron chi connectivity index (χ3n) is 2.96. The molecule has 0 aliphatic rings. The SMILES string of the molecule is C=Cc1c(F)c(F)c(F)c2cc(N)cc(CC)c12. The maximum atomic E-state index is 13.8. The molecule has 2 aromatic rings. The summed E-state index contributed by atoms with van der Waals surface area (Å²) in [6.07, 6.45) is 1.72. The number of rotatable bonds is 2. The van der Waals surface area contributed by atoms with E-state index in [1.54, 1.807) is 6.07 Å². The Bertz CT molecular complexity index is 648. The van der Waals surface area contributed by atoms with Crippen molar-refractivity contribution in [3.63, 3.8) is 0 Å². The summed E-state index contributed by atoms with van der Waals surface area (Å²) in [5.41, 5.74) is 6.60. The summed E-state index contributed by atoms with van der Waals surface area (Å²) < 4.78 is 40.9. The van der Waals surface area contributed by atoms with Crippen molar-refractivity contribution in [2.45, 2.75) is 13.3 Å². The zero-order valence-corrected chi connectivity index (χ0v) is 9.86. The zero-order valence-electron chi connectivity index (χ0n) is 9.86. The Hall–Kier alpha value is -1.97. The number of benzene rings is 2. The van der Waals surface area contributed by atoms with Gasteiger partial charge in [-0.15, -0.1) is 0 Å². The van der Waals surface area contributed by atoms with Crippen LogP contribution in [-0.2, 0) is 6.42 Å². The molecule has 0 saturated carbocycles. The van der Waals surface area contributed by atoms with E-state index in [-0.39, 0.29) is 10.9 Å². The van der Waals surface area contributed by atoms with Crippen LogP contribution in [0.15, 0.2) is 18.7 Å². The van der Waals surface area contributed by atoms with Gasteiger partial charge < -0.3 is 5.73 Å². The van der Waals surface area contributed by atoms with Gasteiger partial charge in [-0.05, 0) is 29.5 Å².